The van der Waals surface area contributed by atoms with Gasteiger partial charge in [0.05, 0.1) is 10.6 Å². The Hall–Kier alpha value is -1.89. The van der Waals surface area contributed by atoms with Gasteiger partial charge in [0.15, 0.2) is 0 Å². The average molecular weight is 307 g/mol. The molecule has 3 rings (SSSR count). The Kier molecular flexibility index (Phi) is 3.24. The van der Waals surface area contributed by atoms with Crippen molar-refractivity contribution < 1.29 is 13.2 Å². The van der Waals surface area contributed by atoms with Crippen molar-refractivity contribution in [1.82, 2.24) is 4.90 Å². The van der Waals surface area contributed by atoms with E-state index in [4.69, 9.17) is 0 Å². The molecular weight excluding hydrogens is 290 g/mol. The van der Waals surface area contributed by atoms with Gasteiger partial charge in [-0.05, 0) is 37.5 Å². The van der Waals surface area contributed by atoms with Gasteiger partial charge >= 0.3 is 0 Å². The summed E-state index contributed by atoms with van der Waals surface area (Å²) in [6.45, 7) is 3.07. The summed E-state index contributed by atoms with van der Waals surface area (Å²) in [5.41, 5.74) is 1.45. The highest BCUT2D eigenvalue weighted by Gasteiger charge is 2.39. The molecular formula is C14H17N3O3S. The summed E-state index contributed by atoms with van der Waals surface area (Å²) in [5, 5.41) is 5.13. The number of amides is 1. The lowest BCUT2D eigenvalue weighted by Crippen LogP contribution is -2.41. The molecule has 1 amide bonds. The van der Waals surface area contributed by atoms with Crippen molar-refractivity contribution in [2.45, 2.75) is 24.7 Å². The fourth-order valence-electron chi connectivity index (χ4n) is 2.67. The average Bonchev–Trinajstić information content (AvgIpc) is 2.96. The number of hydrogen-bond donors (Lipinski definition) is 0. The molecule has 1 fully saturated rings. The van der Waals surface area contributed by atoms with Gasteiger partial charge in [-0.1, -0.05) is 6.07 Å². The Morgan fingerprint density at radius 3 is 2.57 bits per heavy atom. The maximum atomic E-state index is 12.7. The van der Waals surface area contributed by atoms with Gasteiger partial charge in [0.25, 0.3) is 5.91 Å². The lowest BCUT2D eigenvalue weighted by Gasteiger charge is -2.26. The lowest BCUT2D eigenvalue weighted by atomic mass is 10.2. The van der Waals surface area contributed by atoms with Crippen molar-refractivity contribution in [3.63, 3.8) is 0 Å². The summed E-state index contributed by atoms with van der Waals surface area (Å²) >= 11 is 0. The molecule has 2 heterocycles. The molecule has 2 aliphatic rings. The van der Waals surface area contributed by atoms with Crippen molar-refractivity contribution in [2.24, 2.45) is 5.10 Å². The number of likely N-dealkylation sites (tertiary alicyclic amines) is 1. The van der Waals surface area contributed by atoms with Crippen LogP contribution in [0.25, 0.3) is 0 Å². The molecule has 0 aliphatic carbocycles. The van der Waals surface area contributed by atoms with Gasteiger partial charge in [0, 0.05) is 20.1 Å². The number of carbonyl (C=O) groups excluding carboxylic acids is 1. The first-order valence-electron chi connectivity index (χ1n) is 6.88. The summed E-state index contributed by atoms with van der Waals surface area (Å²) in [6, 6.07) is 5.03. The van der Waals surface area contributed by atoms with E-state index in [2.05, 4.69) is 5.10 Å². The molecule has 0 aromatic heterocycles. The van der Waals surface area contributed by atoms with Gasteiger partial charge in [-0.2, -0.15) is 5.10 Å². The number of rotatable bonds is 1. The van der Waals surface area contributed by atoms with Crippen LogP contribution < -0.4 is 5.01 Å². The van der Waals surface area contributed by atoms with E-state index < -0.39 is 15.7 Å². The Balaban J connectivity index is 2.08. The fourth-order valence-corrected chi connectivity index (χ4v) is 4.18. The zero-order chi connectivity index (χ0) is 15.2. The van der Waals surface area contributed by atoms with Crippen LogP contribution in [0.15, 0.2) is 28.2 Å². The van der Waals surface area contributed by atoms with Crippen LogP contribution in [0.5, 0.6) is 0 Å². The minimum absolute atomic E-state index is 0.146. The highest BCUT2D eigenvalue weighted by atomic mass is 32.2. The molecule has 2 aliphatic heterocycles. The summed E-state index contributed by atoms with van der Waals surface area (Å²) < 4.78 is 25.3. The van der Waals surface area contributed by atoms with E-state index in [1.165, 1.54) is 5.01 Å². The standard InChI is InChI=1S/C14H17N3O3S/c1-10-5-6-12-11(9-10)16(2)15-13(21(12,19)20)14(18)17-7-3-4-8-17/h5-6,9H,3-4,7-8H2,1-2H3. The second kappa shape index (κ2) is 4.84. The molecule has 0 unspecified atom stereocenters. The third-order valence-corrected chi connectivity index (χ3v) is 5.51. The van der Waals surface area contributed by atoms with Crippen molar-refractivity contribution in [1.29, 1.82) is 0 Å². The SMILES string of the molecule is Cc1ccc2c(c1)N(C)N=C(C(=O)N1CCCC1)S2(=O)=O. The van der Waals surface area contributed by atoms with Crippen LogP contribution in [0.2, 0.25) is 0 Å². The number of hydrazone groups is 1. The molecule has 1 aromatic carbocycles. The van der Waals surface area contributed by atoms with Crippen molar-refractivity contribution in [2.75, 3.05) is 25.1 Å². The molecule has 7 heteroatoms. The molecule has 6 nitrogen and oxygen atoms in total. The normalized spacial score (nSPS) is 20.2. The Morgan fingerprint density at radius 2 is 1.90 bits per heavy atom. The Bertz CT molecular complexity index is 734. The number of anilines is 1. The van der Waals surface area contributed by atoms with E-state index >= 15 is 0 Å². The number of fused-ring (bicyclic) bond motifs is 1. The van der Waals surface area contributed by atoms with Gasteiger partial charge < -0.3 is 4.90 Å². The van der Waals surface area contributed by atoms with Crippen LogP contribution in [-0.2, 0) is 14.6 Å². The molecule has 1 saturated heterocycles. The third-order valence-electron chi connectivity index (χ3n) is 3.82. The molecule has 0 N–H and O–H groups in total. The molecule has 0 atom stereocenters. The van der Waals surface area contributed by atoms with Crippen LogP contribution in [0, 0.1) is 6.92 Å². The van der Waals surface area contributed by atoms with E-state index in [0.29, 0.717) is 18.8 Å². The van der Waals surface area contributed by atoms with Crippen LogP contribution in [0.1, 0.15) is 18.4 Å². The molecule has 0 spiro atoms. The fraction of sp³-hybridized carbons (Fsp3) is 0.429. The van der Waals surface area contributed by atoms with Crippen LogP contribution >= 0.6 is 0 Å². The van der Waals surface area contributed by atoms with E-state index in [1.54, 1.807) is 30.1 Å². The van der Waals surface area contributed by atoms with E-state index in [9.17, 15) is 13.2 Å². The molecule has 0 radical (unpaired) electrons. The number of aryl methyl sites for hydroxylation is 1. The first kappa shape index (κ1) is 14.1. The number of hydrogen-bond acceptors (Lipinski definition) is 5. The van der Waals surface area contributed by atoms with E-state index in [1.807, 2.05) is 6.92 Å². The maximum absolute atomic E-state index is 12.7. The minimum atomic E-state index is -3.85. The second-order valence-electron chi connectivity index (χ2n) is 5.40. The van der Waals surface area contributed by atoms with Crippen molar-refractivity contribution in [3.05, 3.63) is 23.8 Å². The third kappa shape index (κ3) is 2.21. The van der Waals surface area contributed by atoms with Crippen LogP contribution in [0.4, 0.5) is 5.69 Å². The molecule has 1 aromatic rings. The van der Waals surface area contributed by atoms with Gasteiger partial charge in [-0.3, -0.25) is 9.80 Å². The molecule has 0 saturated carbocycles. The highest BCUT2D eigenvalue weighted by Crippen LogP contribution is 2.32. The monoisotopic (exact) mass is 307 g/mol. The molecule has 112 valence electrons. The summed E-state index contributed by atoms with van der Waals surface area (Å²) in [7, 11) is -2.20. The van der Waals surface area contributed by atoms with Gasteiger partial charge in [0.2, 0.25) is 14.9 Å². The highest BCUT2D eigenvalue weighted by molar-refractivity contribution is 8.08. The molecule has 0 bridgehead atoms. The zero-order valence-corrected chi connectivity index (χ0v) is 12.9. The summed E-state index contributed by atoms with van der Waals surface area (Å²) in [5.74, 6) is -0.495. The summed E-state index contributed by atoms with van der Waals surface area (Å²) in [6.07, 6.45) is 1.81. The number of sulfone groups is 1. The largest absolute Gasteiger partial charge is 0.337 e. The minimum Gasteiger partial charge on any atom is -0.337 e. The van der Waals surface area contributed by atoms with Gasteiger partial charge in [-0.25, -0.2) is 8.42 Å². The number of benzene rings is 1. The zero-order valence-electron chi connectivity index (χ0n) is 12.0. The van der Waals surface area contributed by atoms with E-state index in [-0.39, 0.29) is 9.94 Å². The molecule has 21 heavy (non-hydrogen) atoms. The van der Waals surface area contributed by atoms with Crippen LogP contribution in [-0.4, -0.2) is 44.4 Å². The maximum Gasteiger partial charge on any atom is 0.286 e. The first-order valence-corrected chi connectivity index (χ1v) is 8.37. The van der Waals surface area contributed by atoms with Crippen LogP contribution in [0.3, 0.4) is 0 Å². The quantitative estimate of drug-likeness (QED) is 0.780. The summed E-state index contributed by atoms with van der Waals surface area (Å²) in [4.78, 5) is 14.1. The van der Waals surface area contributed by atoms with Gasteiger partial charge in [0.1, 0.15) is 0 Å². The lowest BCUT2D eigenvalue weighted by molar-refractivity contribution is -0.122. The second-order valence-corrected chi connectivity index (χ2v) is 7.24. The number of nitrogens with zero attached hydrogens (tertiary/aromatic N) is 3. The van der Waals surface area contributed by atoms with Crippen molar-refractivity contribution >= 4 is 26.5 Å². The smallest absolute Gasteiger partial charge is 0.286 e. The van der Waals surface area contributed by atoms with Gasteiger partial charge in [-0.15, -0.1) is 0 Å². The van der Waals surface area contributed by atoms with E-state index in [0.717, 1.165) is 18.4 Å². The topological polar surface area (TPSA) is 70.1 Å². The first-order chi connectivity index (χ1) is 9.91. The Labute approximate surface area is 124 Å². The number of carbonyl (C=O) groups is 1. The predicted octanol–water partition coefficient (Wildman–Crippen LogP) is 1.15. The predicted molar refractivity (Wildman–Crippen MR) is 80.0 cm³/mol. The van der Waals surface area contributed by atoms with Crippen molar-refractivity contribution in [3.8, 4) is 0 Å². The Morgan fingerprint density at radius 1 is 1.24 bits per heavy atom.